The van der Waals surface area contributed by atoms with Crippen molar-refractivity contribution < 1.29 is 0 Å². The van der Waals surface area contributed by atoms with Crippen molar-refractivity contribution in [2.45, 2.75) is 12.8 Å². The summed E-state index contributed by atoms with van der Waals surface area (Å²) in [5, 5.41) is 6.55. The van der Waals surface area contributed by atoms with Gasteiger partial charge in [-0.3, -0.25) is 4.99 Å². The van der Waals surface area contributed by atoms with Crippen LogP contribution >= 0.6 is 51.2 Å². The molecule has 16 heavy (non-hydrogen) atoms. The number of guanidine groups is 1. The number of thiophene rings is 1. The summed E-state index contributed by atoms with van der Waals surface area (Å²) in [6, 6.07) is 4.25. The second-order valence-electron chi connectivity index (χ2n) is 3.39. The van der Waals surface area contributed by atoms with Crippen molar-refractivity contribution in [3.8, 4) is 0 Å². The molecule has 0 saturated carbocycles. The van der Waals surface area contributed by atoms with E-state index in [1.807, 2.05) is 0 Å². The Morgan fingerprint density at radius 1 is 1.50 bits per heavy atom. The molecule has 6 heteroatoms. The van der Waals surface area contributed by atoms with Gasteiger partial charge in [0.15, 0.2) is 5.96 Å². The zero-order chi connectivity index (χ0) is 10.5. The highest BCUT2D eigenvalue weighted by Gasteiger charge is 2.03. The van der Waals surface area contributed by atoms with Gasteiger partial charge in [0.2, 0.25) is 0 Å². The summed E-state index contributed by atoms with van der Waals surface area (Å²) in [5.41, 5.74) is 0. The Bertz CT molecular complexity index is 354. The third-order valence-electron chi connectivity index (χ3n) is 2.19. The van der Waals surface area contributed by atoms with E-state index in [0.29, 0.717) is 0 Å². The molecule has 3 nitrogen and oxygen atoms in total. The third kappa shape index (κ3) is 4.58. The molecule has 0 saturated heterocycles. The van der Waals surface area contributed by atoms with Crippen LogP contribution in [0.1, 0.15) is 11.3 Å². The number of nitrogens with one attached hydrogen (secondary N) is 2. The lowest BCUT2D eigenvalue weighted by molar-refractivity contribution is 0.701. The van der Waals surface area contributed by atoms with Crippen LogP contribution < -0.4 is 10.6 Å². The molecular weight excluding hydrogens is 401 g/mol. The second-order valence-corrected chi connectivity index (χ2v) is 5.94. The van der Waals surface area contributed by atoms with Gasteiger partial charge in [0.1, 0.15) is 0 Å². The fourth-order valence-corrected chi connectivity index (χ4v) is 2.92. The summed E-state index contributed by atoms with van der Waals surface area (Å²) in [6.45, 7) is 2.93. The predicted octanol–water partition coefficient (Wildman–Crippen LogP) is 2.61. The molecule has 0 aromatic carbocycles. The molecule has 0 fully saturated rings. The standard InChI is InChI=1S/C10H14BrN3S.HI/c11-9-3-2-8(15-9)4-7-14-10-12-5-1-6-13-10;/h2-3H,1,4-7H2,(H2,12,13,14);1H. The summed E-state index contributed by atoms with van der Waals surface area (Å²) < 4.78 is 1.20. The quantitative estimate of drug-likeness (QED) is 0.744. The lowest BCUT2D eigenvalue weighted by Crippen LogP contribution is -2.41. The Balaban J connectivity index is 0.00000128. The van der Waals surface area contributed by atoms with Crippen LogP contribution in [-0.4, -0.2) is 25.6 Å². The largest absolute Gasteiger partial charge is 0.356 e. The average molecular weight is 416 g/mol. The molecule has 2 N–H and O–H groups in total. The molecule has 0 aliphatic carbocycles. The molecule has 0 spiro atoms. The van der Waals surface area contributed by atoms with Crippen molar-refractivity contribution in [1.29, 1.82) is 0 Å². The summed E-state index contributed by atoms with van der Waals surface area (Å²) in [7, 11) is 0. The van der Waals surface area contributed by atoms with E-state index < -0.39 is 0 Å². The van der Waals surface area contributed by atoms with Gasteiger partial charge in [-0.15, -0.1) is 35.3 Å². The minimum atomic E-state index is 0. The monoisotopic (exact) mass is 415 g/mol. The van der Waals surface area contributed by atoms with E-state index >= 15 is 0 Å². The maximum absolute atomic E-state index is 4.35. The topological polar surface area (TPSA) is 36.4 Å². The molecule has 1 aromatic rings. The van der Waals surface area contributed by atoms with Crippen molar-refractivity contribution in [2.75, 3.05) is 19.6 Å². The average Bonchev–Trinajstić information content (AvgIpc) is 2.66. The van der Waals surface area contributed by atoms with Gasteiger partial charge < -0.3 is 10.6 Å². The van der Waals surface area contributed by atoms with E-state index in [-0.39, 0.29) is 24.0 Å². The van der Waals surface area contributed by atoms with E-state index in [9.17, 15) is 0 Å². The van der Waals surface area contributed by atoms with Crippen molar-refractivity contribution in [3.63, 3.8) is 0 Å². The smallest absolute Gasteiger partial charge is 0.191 e. The van der Waals surface area contributed by atoms with E-state index in [1.165, 1.54) is 8.66 Å². The summed E-state index contributed by atoms with van der Waals surface area (Å²) in [4.78, 5) is 5.75. The maximum Gasteiger partial charge on any atom is 0.191 e. The fourth-order valence-electron chi connectivity index (χ4n) is 1.44. The molecule has 0 atom stereocenters. The molecule has 2 rings (SSSR count). The Morgan fingerprint density at radius 2 is 2.38 bits per heavy atom. The van der Waals surface area contributed by atoms with Crippen LogP contribution in [0, 0.1) is 0 Å². The second kappa shape index (κ2) is 7.50. The Labute approximate surface area is 125 Å². The van der Waals surface area contributed by atoms with Crippen LogP contribution in [0.2, 0.25) is 0 Å². The first-order chi connectivity index (χ1) is 7.34. The summed E-state index contributed by atoms with van der Waals surface area (Å²) >= 11 is 5.25. The van der Waals surface area contributed by atoms with Gasteiger partial charge in [-0.2, -0.15) is 0 Å². The summed E-state index contributed by atoms with van der Waals surface area (Å²) in [6.07, 6.45) is 2.19. The van der Waals surface area contributed by atoms with Gasteiger partial charge in [-0.1, -0.05) is 0 Å². The van der Waals surface area contributed by atoms with E-state index in [0.717, 1.165) is 38.4 Å². The molecule has 0 amide bonds. The lowest BCUT2D eigenvalue weighted by Gasteiger charge is -2.15. The molecular formula is C10H15BrIN3S. The van der Waals surface area contributed by atoms with Gasteiger partial charge in [0.25, 0.3) is 0 Å². The molecule has 1 aliphatic rings. The fraction of sp³-hybridized carbons (Fsp3) is 0.500. The van der Waals surface area contributed by atoms with Crippen LogP contribution in [0.15, 0.2) is 20.9 Å². The van der Waals surface area contributed by atoms with Gasteiger partial charge in [0, 0.05) is 24.5 Å². The van der Waals surface area contributed by atoms with E-state index in [4.69, 9.17) is 0 Å². The highest BCUT2D eigenvalue weighted by molar-refractivity contribution is 14.0. The Morgan fingerprint density at radius 3 is 3.00 bits per heavy atom. The minimum Gasteiger partial charge on any atom is -0.356 e. The molecule has 0 bridgehead atoms. The lowest BCUT2D eigenvalue weighted by atomic mass is 10.3. The normalized spacial score (nSPS) is 14.7. The van der Waals surface area contributed by atoms with Crippen molar-refractivity contribution in [2.24, 2.45) is 4.99 Å². The molecule has 1 aromatic heterocycles. The predicted molar refractivity (Wildman–Crippen MR) is 84.1 cm³/mol. The molecule has 90 valence electrons. The van der Waals surface area contributed by atoms with Crippen LogP contribution in [-0.2, 0) is 6.42 Å². The first kappa shape index (κ1) is 14.2. The number of rotatable bonds is 3. The highest BCUT2D eigenvalue weighted by atomic mass is 127. The number of nitrogens with zero attached hydrogens (tertiary/aromatic N) is 1. The van der Waals surface area contributed by atoms with Crippen LogP contribution in [0.5, 0.6) is 0 Å². The molecule has 2 heterocycles. The Kier molecular flexibility index (Phi) is 6.67. The zero-order valence-electron chi connectivity index (χ0n) is 8.83. The van der Waals surface area contributed by atoms with Crippen molar-refractivity contribution >= 4 is 57.2 Å². The van der Waals surface area contributed by atoms with Gasteiger partial charge in [0.05, 0.1) is 3.79 Å². The van der Waals surface area contributed by atoms with Gasteiger partial charge in [-0.05, 0) is 40.9 Å². The van der Waals surface area contributed by atoms with Crippen molar-refractivity contribution in [3.05, 3.63) is 20.8 Å². The molecule has 1 aliphatic heterocycles. The summed E-state index contributed by atoms with van der Waals surface area (Å²) in [5.74, 6) is 0.955. The number of halogens is 2. The van der Waals surface area contributed by atoms with Crippen LogP contribution in [0.4, 0.5) is 0 Å². The first-order valence-corrected chi connectivity index (χ1v) is 6.72. The number of aliphatic imine (C=N–C) groups is 1. The van der Waals surface area contributed by atoms with Gasteiger partial charge in [-0.25, -0.2) is 0 Å². The number of hydrogen-bond donors (Lipinski definition) is 2. The Hall–Kier alpha value is 0.180. The van der Waals surface area contributed by atoms with E-state index in [2.05, 4.69) is 43.7 Å². The third-order valence-corrected chi connectivity index (χ3v) is 3.87. The van der Waals surface area contributed by atoms with E-state index in [1.54, 1.807) is 11.3 Å². The minimum absolute atomic E-state index is 0. The van der Waals surface area contributed by atoms with Crippen LogP contribution in [0.3, 0.4) is 0 Å². The molecule has 0 radical (unpaired) electrons. The number of hydrogen-bond acceptors (Lipinski definition) is 4. The molecule has 0 unspecified atom stereocenters. The first-order valence-electron chi connectivity index (χ1n) is 5.11. The zero-order valence-corrected chi connectivity index (χ0v) is 13.6. The SMILES string of the molecule is Brc1ccc(CCNC2=NCCCN2)s1.I. The van der Waals surface area contributed by atoms with Crippen molar-refractivity contribution in [1.82, 2.24) is 10.6 Å². The van der Waals surface area contributed by atoms with Crippen LogP contribution in [0.25, 0.3) is 0 Å². The maximum atomic E-state index is 4.35. The van der Waals surface area contributed by atoms with Gasteiger partial charge >= 0.3 is 0 Å². The highest BCUT2D eigenvalue weighted by Crippen LogP contribution is 2.21.